The maximum atomic E-state index is 14.5. The van der Waals surface area contributed by atoms with Gasteiger partial charge in [0, 0.05) is 41.7 Å². The zero-order valence-electron chi connectivity index (χ0n) is 15.6. The summed E-state index contributed by atoms with van der Waals surface area (Å²) < 4.78 is 52.1. The van der Waals surface area contributed by atoms with Crippen LogP contribution in [0.25, 0.3) is 0 Å². The van der Waals surface area contributed by atoms with Crippen molar-refractivity contribution in [2.24, 2.45) is 0 Å². The van der Waals surface area contributed by atoms with Crippen LogP contribution in [0.1, 0.15) is 15.9 Å². The van der Waals surface area contributed by atoms with E-state index in [0.29, 0.717) is 59.0 Å². The van der Waals surface area contributed by atoms with Crippen molar-refractivity contribution in [3.8, 4) is 0 Å². The Morgan fingerprint density at radius 1 is 1.10 bits per heavy atom. The molecule has 1 saturated heterocycles. The number of aryl methyl sites for hydroxylation is 1. The normalized spacial score (nSPS) is 15.0. The van der Waals surface area contributed by atoms with Crippen LogP contribution in [-0.2, 0) is 0 Å². The number of halogens is 5. The number of anilines is 1. The van der Waals surface area contributed by atoms with E-state index < -0.39 is 17.7 Å². The molecule has 2 aromatic carbocycles. The summed E-state index contributed by atoms with van der Waals surface area (Å²) in [6, 6.07) is 9.33. The maximum Gasteiger partial charge on any atom is 0.398 e. The van der Waals surface area contributed by atoms with Gasteiger partial charge in [0.1, 0.15) is 5.82 Å². The first-order valence-electron chi connectivity index (χ1n) is 8.93. The van der Waals surface area contributed by atoms with Gasteiger partial charge in [0.2, 0.25) is 0 Å². The number of hydrogen-bond donors (Lipinski definition) is 0. The number of amides is 1. The lowest BCUT2D eigenvalue weighted by molar-refractivity contribution is -0.105. The highest BCUT2D eigenvalue weighted by Gasteiger charge is 2.28. The van der Waals surface area contributed by atoms with Gasteiger partial charge in [-0.15, -0.1) is 11.8 Å². The van der Waals surface area contributed by atoms with E-state index in [1.807, 2.05) is 0 Å². The Morgan fingerprint density at radius 2 is 1.72 bits per heavy atom. The Bertz CT molecular complexity index is 881. The molecule has 1 aliphatic heterocycles. The fourth-order valence-electron chi connectivity index (χ4n) is 3.13. The molecular formula is C20H19ClF4N2OS. The van der Waals surface area contributed by atoms with E-state index in [-0.39, 0.29) is 11.6 Å². The summed E-state index contributed by atoms with van der Waals surface area (Å²) in [4.78, 5) is 16.4. The van der Waals surface area contributed by atoms with Crippen LogP contribution < -0.4 is 4.90 Å². The number of rotatable bonds is 4. The summed E-state index contributed by atoms with van der Waals surface area (Å²) in [6.07, 6.45) is -4.29. The molecule has 156 valence electrons. The van der Waals surface area contributed by atoms with E-state index in [1.54, 1.807) is 41.0 Å². The van der Waals surface area contributed by atoms with E-state index in [2.05, 4.69) is 0 Å². The Kier molecular flexibility index (Phi) is 6.63. The first-order chi connectivity index (χ1) is 13.6. The van der Waals surface area contributed by atoms with E-state index >= 15 is 0 Å². The molecule has 29 heavy (non-hydrogen) atoms. The molecule has 1 aliphatic rings. The zero-order valence-corrected chi connectivity index (χ0v) is 17.2. The SMILES string of the molecule is Cc1cc(F)c(N2CCN(C(=O)c3ccc(Cl)cc3)CC2)cc1SCC(F)(F)F. The molecule has 1 amide bonds. The van der Waals surface area contributed by atoms with Crippen molar-refractivity contribution in [3.63, 3.8) is 0 Å². The van der Waals surface area contributed by atoms with Crippen molar-refractivity contribution in [3.05, 3.63) is 58.4 Å². The van der Waals surface area contributed by atoms with Crippen LogP contribution in [0.5, 0.6) is 0 Å². The van der Waals surface area contributed by atoms with Crippen LogP contribution in [0, 0.1) is 12.7 Å². The van der Waals surface area contributed by atoms with Crippen molar-refractivity contribution in [1.82, 2.24) is 4.90 Å². The molecule has 3 rings (SSSR count). The molecule has 0 saturated carbocycles. The molecule has 0 radical (unpaired) electrons. The Balaban J connectivity index is 1.68. The van der Waals surface area contributed by atoms with Gasteiger partial charge in [-0.25, -0.2) is 4.39 Å². The van der Waals surface area contributed by atoms with Crippen molar-refractivity contribution in [2.75, 3.05) is 36.8 Å². The number of alkyl halides is 3. The molecule has 3 nitrogen and oxygen atoms in total. The van der Waals surface area contributed by atoms with Gasteiger partial charge in [-0.3, -0.25) is 4.79 Å². The van der Waals surface area contributed by atoms with E-state index in [4.69, 9.17) is 11.6 Å². The fourth-order valence-corrected chi connectivity index (χ4v) is 4.05. The topological polar surface area (TPSA) is 23.6 Å². The molecule has 0 spiro atoms. The van der Waals surface area contributed by atoms with Gasteiger partial charge >= 0.3 is 6.18 Å². The smallest absolute Gasteiger partial charge is 0.366 e. The van der Waals surface area contributed by atoms with Gasteiger partial charge in [-0.05, 0) is 48.9 Å². The predicted molar refractivity (Wildman–Crippen MR) is 107 cm³/mol. The van der Waals surface area contributed by atoms with Crippen LogP contribution >= 0.6 is 23.4 Å². The third-order valence-electron chi connectivity index (χ3n) is 4.63. The zero-order chi connectivity index (χ0) is 21.2. The number of piperazine rings is 1. The highest BCUT2D eigenvalue weighted by Crippen LogP contribution is 2.34. The number of thioether (sulfide) groups is 1. The Morgan fingerprint density at radius 3 is 2.31 bits per heavy atom. The minimum absolute atomic E-state index is 0.132. The Labute approximate surface area is 175 Å². The maximum absolute atomic E-state index is 14.5. The lowest BCUT2D eigenvalue weighted by Crippen LogP contribution is -2.49. The average Bonchev–Trinajstić information content (AvgIpc) is 2.67. The standard InChI is InChI=1S/C20H19ClF4N2OS/c1-13-10-16(22)17(11-18(13)29-12-20(23,24)25)26-6-8-27(9-7-26)19(28)14-2-4-15(21)5-3-14/h2-5,10-11H,6-9,12H2,1H3. The molecule has 9 heteroatoms. The number of benzene rings is 2. The van der Waals surface area contributed by atoms with Gasteiger partial charge in [-0.1, -0.05) is 11.6 Å². The van der Waals surface area contributed by atoms with Crippen LogP contribution in [-0.4, -0.2) is 48.9 Å². The largest absolute Gasteiger partial charge is 0.398 e. The first kappa shape index (κ1) is 21.8. The summed E-state index contributed by atoms with van der Waals surface area (Å²) in [5, 5.41) is 0.542. The van der Waals surface area contributed by atoms with Crippen LogP contribution in [0.15, 0.2) is 41.3 Å². The molecule has 0 unspecified atom stereocenters. The van der Waals surface area contributed by atoms with E-state index in [9.17, 15) is 22.4 Å². The van der Waals surface area contributed by atoms with Crippen LogP contribution in [0.3, 0.4) is 0 Å². The lowest BCUT2D eigenvalue weighted by atomic mass is 10.1. The summed E-state index contributed by atoms with van der Waals surface area (Å²) >= 11 is 6.49. The summed E-state index contributed by atoms with van der Waals surface area (Å²) in [7, 11) is 0. The number of hydrogen-bond acceptors (Lipinski definition) is 3. The van der Waals surface area contributed by atoms with Crippen LogP contribution in [0.2, 0.25) is 5.02 Å². The number of carbonyl (C=O) groups excluding carboxylic acids is 1. The third kappa shape index (κ3) is 5.57. The Hall–Kier alpha value is -1.93. The monoisotopic (exact) mass is 446 g/mol. The van der Waals surface area contributed by atoms with Gasteiger partial charge in [0.05, 0.1) is 11.4 Å². The molecule has 1 heterocycles. The molecule has 2 aromatic rings. The molecule has 0 atom stereocenters. The minimum atomic E-state index is -4.29. The molecule has 0 aliphatic carbocycles. The summed E-state index contributed by atoms with van der Waals surface area (Å²) in [5.41, 5.74) is 1.26. The second kappa shape index (κ2) is 8.83. The van der Waals surface area contributed by atoms with E-state index in [0.717, 1.165) is 0 Å². The van der Waals surface area contributed by atoms with Gasteiger partial charge in [-0.2, -0.15) is 13.2 Å². The number of carbonyl (C=O) groups is 1. The van der Waals surface area contributed by atoms with E-state index in [1.165, 1.54) is 12.1 Å². The minimum Gasteiger partial charge on any atom is -0.366 e. The lowest BCUT2D eigenvalue weighted by Gasteiger charge is -2.36. The second-order valence-corrected chi connectivity index (χ2v) is 8.21. The highest BCUT2D eigenvalue weighted by molar-refractivity contribution is 7.99. The van der Waals surface area contributed by atoms with Crippen molar-refractivity contribution in [2.45, 2.75) is 18.0 Å². The average molecular weight is 447 g/mol. The fraction of sp³-hybridized carbons (Fsp3) is 0.350. The molecule has 0 bridgehead atoms. The molecule has 0 N–H and O–H groups in total. The van der Waals surface area contributed by atoms with Crippen LogP contribution in [0.4, 0.5) is 23.2 Å². The second-order valence-electron chi connectivity index (χ2n) is 6.76. The summed E-state index contributed by atoms with van der Waals surface area (Å²) in [6.45, 7) is 3.15. The van der Waals surface area contributed by atoms with Crippen molar-refractivity contribution >= 4 is 35.0 Å². The highest BCUT2D eigenvalue weighted by atomic mass is 35.5. The van der Waals surface area contributed by atoms with Gasteiger partial charge < -0.3 is 9.80 Å². The molecular weight excluding hydrogens is 428 g/mol. The van der Waals surface area contributed by atoms with Gasteiger partial charge in [0.25, 0.3) is 5.91 Å². The first-order valence-corrected chi connectivity index (χ1v) is 10.3. The quantitative estimate of drug-likeness (QED) is 0.464. The predicted octanol–water partition coefficient (Wildman–Crippen LogP) is 5.40. The third-order valence-corrected chi connectivity index (χ3v) is 6.11. The molecule has 0 aromatic heterocycles. The summed E-state index contributed by atoms with van der Waals surface area (Å²) in [5.74, 6) is -1.63. The molecule has 1 fully saturated rings. The van der Waals surface area contributed by atoms with Crippen molar-refractivity contribution in [1.29, 1.82) is 0 Å². The number of nitrogens with zero attached hydrogens (tertiary/aromatic N) is 2. The van der Waals surface area contributed by atoms with Crippen molar-refractivity contribution < 1.29 is 22.4 Å². The van der Waals surface area contributed by atoms with Gasteiger partial charge in [0.15, 0.2) is 0 Å².